The lowest BCUT2D eigenvalue weighted by molar-refractivity contribution is 0.0686. The highest BCUT2D eigenvalue weighted by atomic mass is 32.2. The Balaban J connectivity index is 1.41. The van der Waals surface area contributed by atoms with Gasteiger partial charge in [-0.05, 0) is 50.0 Å². The molecule has 1 aromatic rings. The summed E-state index contributed by atoms with van der Waals surface area (Å²) in [6.07, 6.45) is 11.4. The second-order valence-electron chi connectivity index (χ2n) is 7.49. The van der Waals surface area contributed by atoms with Gasteiger partial charge < -0.3 is 15.5 Å². The van der Waals surface area contributed by atoms with Crippen molar-refractivity contribution in [2.75, 3.05) is 25.9 Å². The van der Waals surface area contributed by atoms with E-state index in [2.05, 4.69) is 15.6 Å². The van der Waals surface area contributed by atoms with Gasteiger partial charge in [-0.2, -0.15) is 0 Å². The van der Waals surface area contributed by atoms with Gasteiger partial charge in [-0.1, -0.05) is 19.3 Å². The Morgan fingerprint density at radius 3 is 2.63 bits per heavy atom. The average molecular weight is 391 g/mol. The van der Waals surface area contributed by atoms with Crippen molar-refractivity contribution < 1.29 is 9.59 Å². The number of pyridine rings is 1. The normalized spacial score (nSPS) is 18.9. The molecule has 7 heteroatoms. The van der Waals surface area contributed by atoms with E-state index in [0.29, 0.717) is 24.1 Å². The molecule has 2 N–H and O–H groups in total. The van der Waals surface area contributed by atoms with Crippen LogP contribution in [-0.4, -0.2) is 53.8 Å². The molecule has 0 unspecified atom stereocenters. The molecule has 1 aromatic heterocycles. The van der Waals surface area contributed by atoms with Crippen molar-refractivity contribution in [3.05, 3.63) is 23.9 Å². The van der Waals surface area contributed by atoms with Crippen LogP contribution >= 0.6 is 11.8 Å². The molecule has 0 aromatic carbocycles. The fourth-order valence-corrected chi connectivity index (χ4v) is 4.49. The van der Waals surface area contributed by atoms with Crippen LogP contribution in [0.3, 0.4) is 0 Å². The Hall–Kier alpha value is -1.76. The van der Waals surface area contributed by atoms with E-state index in [-0.39, 0.29) is 11.9 Å². The predicted octanol–water partition coefficient (Wildman–Crippen LogP) is 3.29. The van der Waals surface area contributed by atoms with Gasteiger partial charge in [0.15, 0.2) is 0 Å². The fourth-order valence-electron chi connectivity index (χ4n) is 3.95. The minimum Gasteiger partial charge on any atom is -0.339 e. The van der Waals surface area contributed by atoms with Crippen molar-refractivity contribution >= 4 is 23.7 Å². The van der Waals surface area contributed by atoms with E-state index >= 15 is 0 Å². The lowest BCUT2D eigenvalue weighted by Gasteiger charge is -2.32. The van der Waals surface area contributed by atoms with Crippen LogP contribution in [0.1, 0.15) is 55.3 Å². The largest absolute Gasteiger partial charge is 0.339 e. The Bertz CT molecular complexity index is 641. The minimum atomic E-state index is -0.0413. The van der Waals surface area contributed by atoms with Gasteiger partial charge in [0.25, 0.3) is 5.91 Å². The molecular formula is C20H30N4O2S. The molecule has 1 saturated heterocycles. The van der Waals surface area contributed by atoms with Crippen LogP contribution in [-0.2, 0) is 0 Å². The number of aromatic nitrogens is 1. The molecule has 0 atom stereocenters. The summed E-state index contributed by atoms with van der Waals surface area (Å²) in [6.45, 7) is 2.15. The highest BCUT2D eigenvalue weighted by molar-refractivity contribution is 7.98. The number of rotatable bonds is 5. The van der Waals surface area contributed by atoms with Gasteiger partial charge in [-0.25, -0.2) is 9.78 Å². The van der Waals surface area contributed by atoms with Crippen molar-refractivity contribution in [2.24, 2.45) is 5.92 Å². The van der Waals surface area contributed by atoms with Gasteiger partial charge in [-0.3, -0.25) is 4.79 Å². The second kappa shape index (κ2) is 9.97. The molecule has 0 radical (unpaired) electrons. The zero-order chi connectivity index (χ0) is 19.1. The van der Waals surface area contributed by atoms with Crippen LogP contribution in [0.4, 0.5) is 4.79 Å². The van der Waals surface area contributed by atoms with Crippen molar-refractivity contribution in [1.29, 1.82) is 0 Å². The third-order valence-electron chi connectivity index (χ3n) is 5.59. The Kier molecular flexibility index (Phi) is 7.38. The van der Waals surface area contributed by atoms with Crippen LogP contribution in [0, 0.1) is 5.92 Å². The van der Waals surface area contributed by atoms with Crippen LogP contribution < -0.4 is 10.6 Å². The van der Waals surface area contributed by atoms with Gasteiger partial charge in [0.1, 0.15) is 5.03 Å². The standard InChI is InChI=1S/C20H30N4O2S/c1-27-18-17(8-5-11-21-18)19(25)24-12-9-15(10-13-24)14-22-20(26)23-16-6-3-2-4-7-16/h5,8,11,15-16H,2-4,6-7,9-10,12-14H2,1H3,(H2,22,23,26). The summed E-state index contributed by atoms with van der Waals surface area (Å²) in [4.78, 5) is 31.1. The maximum atomic E-state index is 12.8. The van der Waals surface area contributed by atoms with Crippen LogP contribution in [0.15, 0.2) is 23.4 Å². The Morgan fingerprint density at radius 1 is 1.19 bits per heavy atom. The number of nitrogens with zero attached hydrogens (tertiary/aromatic N) is 2. The van der Waals surface area contributed by atoms with Crippen LogP contribution in [0.5, 0.6) is 0 Å². The molecular weight excluding hydrogens is 360 g/mol. The number of thioether (sulfide) groups is 1. The summed E-state index contributed by atoms with van der Waals surface area (Å²) in [5.74, 6) is 0.494. The molecule has 1 aliphatic heterocycles. The number of amides is 3. The Morgan fingerprint density at radius 2 is 1.93 bits per heavy atom. The van der Waals surface area contributed by atoms with Gasteiger partial charge in [0, 0.05) is 31.9 Å². The first-order valence-electron chi connectivity index (χ1n) is 10.00. The predicted molar refractivity (Wildman–Crippen MR) is 108 cm³/mol. The Labute approximate surface area is 165 Å². The van der Waals surface area contributed by atoms with E-state index in [9.17, 15) is 9.59 Å². The summed E-state index contributed by atoms with van der Waals surface area (Å²) in [7, 11) is 0. The SMILES string of the molecule is CSc1ncccc1C(=O)N1CCC(CNC(=O)NC2CCCCC2)CC1. The first-order valence-corrected chi connectivity index (χ1v) is 11.2. The number of likely N-dealkylation sites (tertiary alicyclic amines) is 1. The average Bonchev–Trinajstić information content (AvgIpc) is 2.73. The highest BCUT2D eigenvalue weighted by Crippen LogP contribution is 2.23. The van der Waals surface area contributed by atoms with E-state index in [1.54, 1.807) is 6.20 Å². The van der Waals surface area contributed by atoms with Crippen LogP contribution in [0.25, 0.3) is 0 Å². The number of hydrogen-bond donors (Lipinski definition) is 2. The maximum absolute atomic E-state index is 12.8. The summed E-state index contributed by atoms with van der Waals surface area (Å²) >= 11 is 1.50. The first-order chi connectivity index (χ1) is 13.2. The van der Waals surface area contributed by atoms with Gasteiger partial charge in [-0.15, -0.1) is 11.8 Å². The number of carbonyl (C=O) groups excluding carboxylic acids is 2. The summed E-state index contributed by atoms with van der Waals surface area (Å²) in [6, 6.07) is 3.96. The van der Waals surface area contributed by atoms with Crippen molar-refractivity contribution in [3.63, 3.8) is 0 Å². The summed E-state index contributed by atoms with van der Waals surface area (Å²) in [5.41, 5.74) is 0.688. The number of piperidine rings is 1. The summed E-state index contributed by atoms with van der Waals surface area (Å²) in [5, 5.41) is 6.91. The van der Waals surface area contributed by atoms with E-state index in [4.69, 9.17) is 0 Å². The van der Waals surface area contributed by atoms with Gasteiger partial charge >= 0.3 is 6.03 Å². The smallest absolute Gasteiger partial charge is 0.315 e. The van der Waals surface area contributed by atoms with Crippen molar-refractivity contribution in [3.8, 4) is 0 Å². The molecule has 2 aliphatic rings. The topological polar surface area (TPSA) is 74.3 Å². The zero-order valence-electron chi connectivity index (χ0n) is 16.1. The molecule has 27 heavy (non-hydrogen) atoms. The number of hydrogen-bond acceptors (Lipinski definition) is 4. The van der Waals surface area contributed by atoms with E-state index in [0.717, 1.165) is 43.8 Å². The molecule has 1 saturated carbocycles. The maximum Gasteiger partial charge on any atom is 0.315 e. The number of carbonyl (C=O) groups is 2. The minimum absolute atomic E-state index is 0.0413. The monoisotopic (exact) mass is 390 g/mol. The van der Waals surface area contributed by atoms with Crippen molar-refractivity contribution in [1.82, 2.24) is 20.5 Å². The van der Waals surface area contributed by atoms with Gasteiger partial charge in [0.2, 0.25) is 0 Å². The highest BCUT2D eigenvalue weighted by Gasteiger charge is 2.25. The lowest BCUT2D eigenvalue weighted by Crippen LogP contribution is -2.46. The molecule has 148 valence electrons. The van der Waals surface area contributed by atoms with Crippen LogP contribution in [0.2, 0.25) is 0 Å². The molecule has 1 aliphatic carbocycles. The third-order valence-corrected chi connectivity index (χ3v) is 6.30. The first kappa shape index (κ1) is 20.0. The van der Waals surface area contributed by atoms with Crippen molar-refractivity contribution in [2.45, 2.75) is 56.0 Å². The molecule has 3 rings (SSSR count). The van der Waals surface area contributed by atoms with E-state index in [1.165, 1.54) is 31.0 Å². The van der Waals surface area contributed by atoms with E-state index in [1.807, 2.05) is 23.3 Å². The fraction of sp³-hybridized carbons (Fsp3) is 0.650. The summed E-state index contributed by atoms with van der Waals surface area (Å²) < 4.78 is 0. The molecule has 0 spiro atoms. The molecule has 2 fully saturated rings. The quantitative estimate of drug-likeness (QED) is 0.757. The third kappa shape index (κ3) is 5.61. The second-order valence-corrected chi connectivity index (χ2v) is 8.28. The van der Waals surface area contributed by atoms with Gasteiger partial charge in [0.05, 0.1) is 5.56 Å². The number of nitrogens with one attached hydrogen (secondary N) is 2. The zero-order valence-corrected chi connectivity index (χ0v) is 16.9. The number of urea groups is 1. The molecule has 6 nitrogen and oxygen atoms in total. The van der Waals surface area contributed by atoms with E-state index < -0.39 is 0 Å². The molecule has 3 amide bonds. The lowest BCUT2D eigenvalue weighted by atomic mass is 9.95. The molecule has 2 heterocycles. The molecule has 0 bridgehead atoms.